The van der Waals surface area contributed by atoms with Gasteiger partial charge in [-0.25, -0.2) is 0 Å². The van der Waals surface area contributed by atoms with E-state index in [1.807, 2.05) is 20.8 Å². The van der Waals surface area contributed by atoms with E-state index < -0.39 is 0 Å². The third kappa shape index (κ3) is 2.33. The molecule has 0 aromatic heterocycles. The highest BCUT2D eigenvalue weighted by molar-refractivity contribution is 5.76. The van der Waals surface area contributed by atoms with E-state index in [2.05, 4.69) is 5.32 Å². The molecular formula is C12H21NO2. The topological polar surface area (TPSA) is 38.3 Å². The molecule has 1 spiro atoms. The van der Waals surface area contributed by atoms with Crippen LogP contribution in [0.2, 0.25) is 0 Å². The van der Waals surface area contributed by atoms with E-state index in [1.165, 1.54) is 19.3 Å². The van der Waals surface area contributed by atoms with Crippen LogP contribution >= 0.6 is 0 Å². The fourth-order valence-corrected chi connectivity index (χ4v) is 2.48. The van der Waals surface area contributed by atoms with Crippen LogP contribution in [0.5, 0.6) is 0 Å². The van der Waals surface area contributed by atoms with Crippen molar-refractivity contribution in [2.24, 2.45) is 0 Å². The molecule has 15 heavy (non-hydrogen) atoms. The highest BCUT2D eigenvalue weighted by Crippen LogP contribution is 2.40. The Labute approximate surface area is 91.6 Å². The summed E-state index contributed by atoms with van der Waals surface area (Å²) in [7, 11) is 0. The lowest BCUT2D eigenvalue weighted by Crippen LogP contribution is -2.51. The molecule has 1 aliphatic carbocycles. The van der Waals surface area contributed by atoms with Crippen molar-refractivity contribution in [1.82, 2.24) is 5.32 Å². The van der Waals surface area contributed by atoms with E-state index in [4.69, 9.17) is 4.74 Å². The van der Waals surface area contributed by atoms with Crippen LogP contribution in [0.4, 0.5) is 0 Å². The molecule has 1 heterocycles. The molecule has 1 aliphatic heterocycles. The SMILES string of the molecule is CC(C)(C)OC(=O)C1CCC2(CCC2)N1. The molecule has 3 heteroatoms. The molecule has 3 nitrogen and oxygen atoms in total. The van der Waals surface area contributed by atoms with Crippen LogP contribution in [0.3, 0.4) is 0 Å². The van der Waals surface area contributed by atoms with Gasteiger partial charge >= 0.3 is 5.97 Å². The molecular weight excluding hydrogens is 190 g/mol. The lowest BCUT2D eigenvalue weighted by atomic mass is 9.76. The largest absolute Gasteiger partial charge is 0.459 e. The first kappa shape index (κ1) is 10.9. The quantitative estimate of drug-likeness (QED) is 0.674. The summed E-state index contributed by atoms with van der Waals surface area (Å²) in [6, 6.07) is -0.0653. The van der Waals surface area contributed by atoms with E-state index in [-0.39, 0.29) is 17.6 Å². The molecule has 1 unspecified atom stereocenters. The number of carbonyl (C=O) groups is 1. The van der Waals surface area contributed by atoms with Gasteiger partial charge in [0.1, 0.15) is 11.6 Å². The van der Waals surface area contributed by atoms with Gasteiger partial charge in [0.05, 0.1) is 0 Å². The average Bonchev–Trinajstić information content (AvgIpc) is 2.43. The number of rotatable bonds is 1. The van der Waals surface area contributed by atoms with Crippen LogP contribution in [0, 0.1) is 0 Å². The van der Waals surface area contributed by atoms with Crippen LogP contribution in [0.25, 0.3) is 0 Å². The van der Waals surface area contributed by atoms with Gasteiger partial charge in [0.25, 0.3) is 0 Å². The van der Waals surface area contributed by atoms with Gasteiger partial charge in [-0.05, 0) is 52.9 Å². The van der Waals surface area contributed by atoms with Crippen molar-refractivity contribution in [3.63, 3.8) is 0 Å². The van der Waals surface area contributed by atoms with Gasteiger partial charge in [-0.15, -0.1) is 0 Å². The van der Waals surface area contributed by atoms with E-state index in [1.54, 1.807) is 0 Å². The first-order chi connectivity index (χ1) is 6.90. The standard InChI is InChI=1S/C12H21NO2/c1-11(2,3)15-10(14)9-5-8-12(13-9)6-4-7-12/h9,13H,4-8H2,1-3H3. The Morgan fingerprint density at radius 1 is 1.33 bits per heavy atom. The van der Waals surface area contributed by atoms with Crippen LogP contribution < -0.4 is 5.32 Å². The zero-order chi connectivity index (χ0) is 11.1. The van der Waals surface area contributed by atoms with E-state index in [0.717, 1.165) is 12.8 Å². The molecule has 1 atom stereocenters. The van der Waals surface area contributed by atoms with Crippen LogP contribution in [-0.2, 0) is 9.53 Å². The lowest BCUT2D eigenvalue weighted by Gasteiger charge is -2.39. The van der Waals surface area contributed by atoms with E-state index in [0.29, 0.717) is 5.54 Å². The number of esters is 1. The molecule has 0 bridgehead atoms. The zero-order valence-electron chi connectivity index (χ0n) is 9.93. The first-order valence-electron chi connectivity index (χ1n) is 5.91. The summed E-state index contributed by atoms with van der Waals surface area (Å²) in [4.78, 5) is 11.8. The van der Waals surface area contributed by atoms with Crippen molar-refractivity contribution in [2.45, 2.75) is 70.1 Å². The van der Waals surface area contributed by atoms with Gasteiger partial charge in [-0.3, -0.25) is 10.1 Å². The number of hydrogen-bond donors (Lipinski definition) is 1. The van der Waals surface area contributed by atoms with Gasteiger partial charge in [-0.2, -0.15) is 0 Å². The van der Waals surface area contributed by atoms with Crippen molar-refractivity contribution in [2.75, 3.05) is 0 Å². The van der Waals surface area contributed by atoms with Crippen LogP contribution in [0.15, 0.2) is 0 Å². The summed E-state index contributed by atoms with van der Waals surface area (Å²) in [5.41, 5.74) is -0.0737. The third-order valence-corrected chi connectivity index (χ3v) is 3.39. The third-order valence-electron chi connectivity index (χ3n) is 3.39. The Morgan fingerprint density at radius 2 is 2.00 bits per heavy atom. The monoisotopic (exact) mass is 211 g/mol. The number of nitrogens with one attached hydrogen (secondary N) is 1. The number of hydrogen-bond acceptors (Lipinski definition) is 3. The molecule has 0 amide bonds. The minimum Gasteiger partial charge on any atom is -0.459 e. The Balaban J connectivity index is 1.88. The fraction of sp³-hybridized carbons (Fsp3) is 0.917. The Kier molecular flexibility index (Phi) is 2.53. The summed E-state index contributed by atoms with van der Waals surface area (Å²) in [5.74, 6) is -0.0775. The normalized spacial score (nSPS) is 28.9. The van der Waals surface area contributed by atoms with E-state index in [9.17, 15) is 4.79 Å². The Morgan fingerprint density at radius 3 is 2.40 bits per heavy atom. The molecule has 0 aromatic carbocycles. The maximum Gasteiger partial charge on any atom is 0.323 e. The Hall–Kier alpha value is -0.570. The van der Waals surface area contributed by atoms with Crippen molar-refractivity contribution in [3.05, 3.63) is 0 Å². The van der Waals surface area contributed by atoms with Gasteiger partial charge in [0.2, 0.25) is 0 Å². The predicted molar refractivity (Wildman–Crippen MR) is 58.6 cm³/mol. The summed E-state index contributed by atoms with van der Waals surface area (Å²) in [6.07, 6.45) is 5.83. The van der Waals surface area contributed by atoms with Crippen LogP contribution in [-0.4, -0.2) is 23.2 Å². The first-order valence-corrected chi connectivity index (χ1v) is 5.91. The summed E-state index contributed by atoms with van der Waals surface area (Å²) in [6.45, 7) is 5.75. The summed E-state index contributed by atoms with van der Waals surface area (Å²) < 4.78 is 5.38. The van der Waals surface area contributed by atoms with Gasteiger partial charge in [-0.1, -0.05) is 0 Å². The summed E-state index contributed by atoms with van der Waals surface area (Å²) >= 11 is 0. The van der Waals surface area contributed by atoms with Crippen molar-refractivity contribution in [1.29, 1.82) is 0 Å². The van der Waals surface area contributed by atoms with Crippen molar-refractivity contribution in [3.8, 4) is 0 Å². The molecule has 2 rings (SSSR count). The second-order valence-corrected chi connectivity index (χ2v) is 5.90. The molecule has 1 saturated carbocycles. The minimum atomic E-state index is -0.367. The second-order valence-electron chi connectivity index (χ2n) is 5.90. The highest BCUT2D eigenvalue weighted by atomic mass is 16.6. The van der Waals surface area contributed by atoms with Gasteiger partial charge in [0.15, 0.2) is 0 Å². The lowest BCUT2D eigenvalue weighted by molar-refractivity contribution is -0.157. The van der Waals surface area contributed by atoms with E-state index >= 15 is 0 Å². The molecule has 0 radical (unpaired) electrons. The summed E-state index contributed by atoms with van der Waals surface area (Å²) in [5, 5.41) is 3.45. The number of carbonyl (C=O) groups excluding carboxylic acids is 1. The maximum atomic E-state index is 11.8. The second kappa shape index (κ2) is 3.48. The van der Waals surface area contributed by atoms with Crippen LogP contribution in [0.1, 0.15) is 52.9 Å². The fourth-order valence-electron chi connectivity index (χ4n) is 2.48. The van der Waals surface area contributed by atoms with Crippen molar-refractivity contribution < 1.29 is 9.53 Å². The number of ether oxygens (including phenoxy) is 1. The average molecular weight is 211 g/mol. The molecule has 1 saturated heterocycles. The Bertz CT molecular complexity index is 263. The molecule has 0 aromatic rings. The smallest absolute Gasteiger partial charge is 0.323 e. The minimum absolute atomic E-state index is 0.0653. The maximum absolute atomic E-state index is 11.8. The van der Waals surface area contributed by atoms with Crippen molar-refractivity contribution >= 4 is 5.97 Å². The molecule has 1 N–H and O–H groups in total. The molecule has 2 fully saturated rings. The highest BCUT2D eigenvalue weighted by Gasteiger charge is 2.45. The molecule has 86 valence electrons. The predicted octanol–water partition coefficient (Wildman–Crippen LogP) is 2.00. The van der Waals surface area contributed by atoms with Gasteiger partial charge < -0.3 is 4.74 Å². The zero-order valence-corrected chi connectivity index (χ0v) is 9.93. The van der Waals surface area contributed by atoms with Gasteiger partial charge in [0, 0.05) is 5.54 Å². The molecule has 2 aliphatic rings.